The highest BCUT2D eigenvalue weighted by molar-refractivity contribution is 4.97. The number of aromatic nitrogens is 2. The number of rotatable bonds is 4. The molecule has 0 amide bonds. The summed E-state index contributed by atoms with van der Waals surface area (Å²) in [5, 5.41) is 7.77. The largest absolute Gasteiger partial charge is 0.311 e. The van der Waals surface area contributed by atoms with E-state index in [4.69, 9.17) is 0 Å². The summed E-state index contributed by atoms with van der Waals surface area (Å²) in [5.74, 6) is 0.668. The van der Waals surface area contributed by atoms with Crippen LogP contribution in [0.3, 0.4) is 0 Å². The van der Waals surface area contributed by atoms with Crippen LogP contribution in [0.2, 0.25) is 0 Å². The van der Waals surface area contributed by atoms with Crippen LogP contribution in [0.1, 0.15) is 33.4 Å². The summed E-state index contributed by atoms with van der Waals surface area (Å²) in [6.07, 6.45) is 1.98. The second-order valence-corrected chi connectivity index (χ2v) is 5.38. The zero-order valence-electron chi connectivity index (χ0n) is 10.5. The van der Waals surface area contributed by atoms with Crippen LogP contribution in [0.15, 0.2) is 12.3 Å². The van der Waals surface area contributed by atoms with Gasteiger partial charge in [-0.2, -0.15) is 5.10 Å². The Hall–Kier alpha value is -0.830. The molecule has 0 spiro atoms. The monoisotopic (exact) mass is 209 g/mol. The van der Waals surface area contributed by atoms with E-state index in [1.807, 2.05) is 17.9 Å². The van der Waals surface area contributed by atoms with Gasteiger partial charge >= 0.3 is 0 Å². The highest BCUT2D eigenvalue weighted by Gasteiger charge is 2.19. The van der Waals surface area contributed by atoms with Crippen LogP contribution in [0.25, 0.3) is 0 Å². The van der Waals surface area contributed by atoms with E-state index in [1.165, 1.54) is 0 Å². The van der Waals surface area contributed by atoms with Crippen molar-refractivity contribution in [2.24, 2.45) is 18.4 Å². The molecule has 0 aliphatic carbocycles. The summed E-state index contributed by atoms with van der Waals surface area (Å²) in [7, 11) is 1.95. The van der Waals surface area contributed by atoms with Crippen molar-refractivity contribution in [2.75, 3.05) is 6.54 Å². The van der Waals surface area contributed by atoms with Crippen molar-refractivity contribution < 1.29 is 0 Å². The number of nitrogens with zero attached hydrogens (tertiary/aromatic N) is 2. The van der Waals surface area contributed by atoms with Gasteiger partial charge in [-0.3, -0.25) is 4.68 Å². The molecular formula is C12H23N3. The molecule has 0 bridgehead atoms. The van der Waals surface area contributed by atoms with Crippen molar-refractivity contribution in [2.45, 2.75) is 34.2 Å². The Morgan fingerprint density at radius 1 is 1.47 bits per heavy atom. The number of aryl methyl sites for hydroxylation is 1. The van der Waals surface area contributed by atoms with E-state index in [9.17, 15) is 0 Å². The molecule has 15 heavy (non-hydrogen) atoms. The Kier molecular flexibility index (Phi) is 3.91. The van der Waals surface area contributed by atoms with E-state index < -0.39 is 0 Å². The molecule has 86 valence electrons. The Balaban J connectivity index is 2.28. The molecule has 0 saturated heterocycles. The van der Waals surface area contributed by atoms with Gasteiger partial charge in [-0.15, -0.1) is 0 Å². The van der Waals surface area contributed by atoms with Gasteiger partial charge in [0.15, 0.2) is 0 Å². The van der Waals surface area contributed by atoms with Gasteiger partial charge < -0.3 is 5.32 Å². The molecular weight excluding hydrogens is 186 g/mol. The molecule has 0 aromatic carbocycles. The third kappa shape index (κ3) is 4.04. The van der Waals surface area contributed by atoms with Gasteiger partial charge in [-0.05, 0) is 23.9 Å². The first-order chi connectivity index (χ1) is 6.89. The molecule has 1 aromatic rings. The average Bonchev–Trinajstić information content (AvgIpc) is 2.49. The molecule has 1 N–H and O–H groups in total. The molecule has 1 heterocycles. The molecule has 3 heteroatoms. The van der Waals surface area contributed by atoms with Crippen molar-refractivity contribution >= 4 is 0 Å². The highest BCUT2D eigenvalue weighted by Crippen LogP contribution is 2.24. The predicted octanol–water partition coefficient (Wildman–Crippen LogP) is 2.19. The smallest absolute Gasteiger partial charge is 0.0762 e. The predicted molar refractivity (Wildman–Crippen MR) is 63.5 cm³/mol. The van der Waals surface area contributed by atoms with Crippen molar-refractivity contribution in [3.63, 3.8) is 0 Å². The van der Waals surface area contributed by atoms with Crippen molar-refractivity contribution in [1.82, 2.24) is 15.1 Å². The lowest BCUT2D eigenvalue weighted by molar-refractivity contribution is 0.252. The molecule has 1 rings (SSSR count). The first-order valence-corrected chi connectivity index (χ1v) is 5.59. The van der Waals surface area contributed by atoms with Crippen molar-refractivity contribution in [3.05, 3.63) is 18.0 Å². The summed E-state index contributed by atoms with van der Waals surface area (Å²) >= 11 is 0. The average molecular weight is 209 g/mol. The van der Waals surface area contributed by atoms with Gasteiger partial charge in [-0.1, -0.05) is 27.7 Å². The molecule has 1 aromatic heterocycles. The normalized spacial score (nSPS) is 14.2. The van der Waals surface area contributed by atoms with Crippen LogP contribution in [0, 0.1) is 11.3 Å². The fraction of sp³-hybridized carbons (Fsp3) is 0.750. The number of hydrogen-bond acceptors (Lipinski definition) is 2. The van der Waals surface area contributed by atoms with Gasteiger partial charge in [-0.25, -0.2) is 0 Å². The Bertz CT molecular complexity index is 296. The maximum atomic E-state index is 4.32. The maximum absolute atomic E-state index is 4.32. The molecule has 0 aliphatic rings. The van der Waals surface area contributed by atoms with E-state index >= 15 is 0 Å². The third-order valence-corrected chi connectivity index (χ3v) is 3.00. The summed E-state index contributed by atoms with van der Waals surface area (Å²) in [5.41, 5.74) is 1.48. The van der Waals surface area contributed by atoms with Crippen LogP contribution in [0.4, 0.5) is 0 Å². The minimum atomic E-state index is 0.372. The summed E-state index contributed by atoms with van der Waals surface area (Å²) < 4.78 is 1.84. The SMILES string of the molecule is CC(CNCc1ccn(C)n1)C(C)(C)C. The first-order valence-electron chi connectivity index (χ1n) is 5.59. The molecule has 0 saturated carbocycles. The zero-order chi connectivity index (χ0) is 11.5. The highest BCUT2D eigenvalue weighted by atomic mass is 15.3. The van der Waals surface area contributed by atoms with Crippen LogP contribution in [-0.2, 0) is 13.6 Å². The second kappa shape index (κ2) is 4.79. The lowest BCUT2D eigenvalue weighted by Gasteiger charge is -2.27. The second-order valence-electron chi connectivity index (χ2n) is 5.38. The topological polar surface area (TPSA) is 29.9 Å². The zero-order valence-corrected chi connectivity index (χ0v) is 10.5. The fourth-order valence-corrected chi connectivity index (χ4v) is 1.28. The van der Waals surface area contributed by atoms with E-state index in [-0.39, 0.29) is 0 Å². The van der Waals surface area contributed by atoms with Crippen LogP contribution >= 0.6 is 0 Å². The molecule has 1 unspecified atom stereocenters. The fourth-order valence-electron chi connectivity index (χ4n) is 1.28. The first kappa shape index (κ1) is 12.2. The van der Waals surface area contributed by atoms with Crippen LogP contribution in [0.5, 0.6) is 0 Å². The molecule has 1 atom stereocenters. The lowest BCUT2D eigenvalue weighted by atomic mass is 9.82. The summed E-state index contributed by atoms with van der Waals surface area (Å²) in [6.45, 7) is 11.0. The van der Waals surface area contributed by atoms with Gasteiger partial charge in [0.2, 0.25) is 0 Å². The minimum Gasteiger partial charge on any atom is -0.311 e. The molecule has 3 nitrogen and oxygen atoms in total. The van der Waals surface area contributed by atoms with E-state index in [2.05, 4.69) is 44.2 Å². The van der Waals surface area contributed by atoms with Crippen molar-refractivity contribution in [1.29, 1.82) is 0 Å². The minimum absolute atomic E-state index is 0.372. The quantitative estimate of drug-likeness (QED) is 0.824. The number of hydrogen-bond donors (Lipinski definition) is 1. The molecule has 0 aliphatic heterocycles. The standard InChI is InChI=1S/C12H23N3/c1-10(12(2,3)4)8-13-9-11-6-7-15(5)14-11/h6-7,10,13H,8-9H2,1-5H3. The van der Waals surface area contributed by atoms with Gasteiger partial charge in [0.1, 0.15) is 0 Å². The van der Waals surface area contributed by atoms with Gasteiger partial charge in [0, 0.05) is 19.8 Å². The third-order valence-electron chi connectivity index (χ3n) is 3.00. The lowest BCUT2D eigenvalue weighted by Crippen LogP contribution is -2.29. The van der Waals surface area contributed by atoms with Gasteiger partial charge in [0.25, 0.3) is 0 Å². The summed E-state index contributed by atoms with van der Waals surface area (Å²) in [4.78, 5) is 0. The van der Waals surface area contributed by atoms with E-state index in [0.717, 1.165) is 18.8 Å². The summed E-state index contributed by atoms with van der Waals surface area (Å²) in [6, 6.07) is 2.05. The van der Waals surface area contributed by atoms with Crippen LogP contribution in [-0.4, -0.2) is 16.3 Å². The van der Waals surface area contributed by atoms with E-state index in [0.29, 0.717) is 11.3 Å². The Morgan fingerprint density at radius 2 is 2.13 bits per heavy atom. The molecule has 0 fully saturated rings. The van der Waals surface area contributed by atoms with E-state index in [1.54, 1.807) is 0 Å². The Morgan fingerprint density at radius 3 is 2.60 bits per heavy atom. The van der Waals surface area contributed by atoms with Crippen molar-refractivity contribution in [3.8, 4) is 0 Å². The van der Waals surface area contributed by atoms with Gasteiger partial charge in [0.05, 0.1) is 5.69 Å². The molecule has 0 radical (unpaired) electrons. The number of nitrogens with one attached hydrogen (secondary N) is 1. The maximum Gasteiger partial charge on any atom is 0.0762 e. The Labute approximate surface area is 92.9 Å². The van der Waals surface area contributed by atoms with Crippen LogP contribution < -0.4 is 5.32 Å².